The average Bonchev–Trinajstić information content (AvgIpc) is 2.74. The van der Waals surface area contributed by atoms with Crippen molar-refractivity contribution in [1.29, 1.82) is 0 Å². The lowest BCUT2D eigenvalue weighted by molar-refractivity contribution is -0.145. The molecule has 3 rings (SSSR count). The van der Waals surface area contributed by atoms with Gasteiger partial charge in [-0.15, -0.1) is 0 Å². The van der Waals surface area contributed by atoms with Crippen LogP contribution in [0.5, 0.6) is 0 Å². The minimum Gasteiger partial charge on any atom is -0.406 e. The van der Waals surface area contributed by atoms with Gasteiger partial charge in [-0.25, -0.2) is 0 Å². The number of benzene rings is 2. The fraction of sp³-hybridized carbons (Fsp3) is 0.480. The Balaban J connectivity index is 2.06. The number of carbonyl (C=O) groups excluding carboxylic acids is 1. The van der Waals surface area contributed by atoms with Gasteiger partial charge in [-0.2, -0.15) is 0 Å². The number of hydrogen-bond acceptors (Lipinski definition) is 2. The summed E-state index contributed by atoms with van der Waals surface area (Å²) in [5.41, 5.74) is -0.598. The molecule has 0 aliphatic heterocycles. The van der Waals surface area contributed by atoms with E-state index in [1.54, 1.807) is 7.05 Å². The molecule has 0 bridgehead atoms. The predicted molar refractivity (Wildman–Crippen MR) is 123 cm³/mol. The van der Waals surface area contributed by atoms with Crippen molar-refractivity contribution < 1.29 is 9.22 Å². The van der Waals surface area contributed by atoms with Crippen molar-refractivity contribution in [2.24, 2.45) is 10.8 Å². The Hall–Kier alpha value is -1.91. The molecule has 29 heavy (non-hydrogen) atoms. The van der Waals surface area contributed by atoms with Gasteiger partial charge in [0.15, 0.2) is 0 Å². The molecule has 4 heteroatoms. The fourth-order valence-corrected chi connectivity index (χ4v) is 7.73. The van der Waals surface area contributed by atoms with Gasteiger partial charge < -0.3 is 9.74 Å². The Morgan fingerprint density at radius 2 is 1.41 bits per heavy atom. The lowest BCUT2D eigenvalue weighted by Crippen LogP contribution is -2.59. The molecule has 0 aromatic heterocycles. The van der Waals surface area contributed by atoms with Crippen LogP contribution in [0.25, 0.3) is 0 Å². The quantitative estimate of drug-likeness (QED) is 0.740. The van der Waals surface area contributed by atoms with Gasteiger partial charge in [-0.1, -0.05) is 101 Å². The van der Waals surface area contributed by atoms with Gasteiger partial charge in [0.1, 0.15) is 0 Å². The summed E-state index contributed by atoms with van der Waals surface area (Å²) >= 11 is 0. The molecular formula is C25H35NO2Si. The van der Waals surface area contributed by atoms with Gasteiger partial charge in [-0.05, 0) is 28.6 Å². The second-order valence-corrected chi connectivity index (χ2v) is 11.7. The molecule has 1 aliphatic rings. The Kier molecular flexibility index (Phi) is 6.96. The van der Waals surface area contributed by atoms with Crippen LogP contribution in [0.3, 0.4) is 0 Å². The molecule has 3 nitrogen and oxygen atoms in total. The fourth-order valence-electron chi connectivity index (χ4n) is 4.94. The van der Waals surface area contributed by atoms with Crippen LogP contribution in [0.15, 0.2) is 60.7 Å². The molecular weight excluding hydrogens is 374 g/mol. The van der Waals surface area contributed by atoms with E-state index in [4.69, 9.17) is 4.43 Å². The number of amides is 1. The number of rotatable bonds is 6. The van der Waals surface area contributed by atoms with Gasteiger partial charge in [0.25, 0.3) is 0 Å². The van der Waals surface area contributed by atoms with Crippen LogP contribution in [-0.2, 0) is 9.22 Å². The van der Waals surface area contributed by atoms with Gasteiger partial charge >= 0.3 is 0 Å². The van der Waals surface area contributed by atoms with Crippen molar-refractivity contribution >= 4 is 25.3 Å². The largest absolute Gasteiger partial charge is 0.406 e. The van der Waals surface area contributed by atoms with E-state index >= 15 is 0 Å². The molecule has 2 aromatic rings. The highest BCUT2D eigenvalue weighted by atomic mass is 28.3. The monoisotopic (exact) mass is 409 g/mol. The lowest BCUT2D eigenvalue weighted by Gasteiger charge is -2.48. The molecule has 0 spiro atoms. The molecule has 0 heterocycles. The Morgan fingerprint density at radius 1 is 0.931 bits per heavy atom. The van der Waals surface area contributed by atoms with Crippen molar-refractivity contribution in [2.75, 3.05) is 7.05 Å². The second kappa shape index (κ2) is 9.27. The third-order valence-electron chi connectivity index (χ3n) is 6.19. The first kappa shape index (κ1) is 21.8. The molecule has 1 saturated carbocycles. The summed E-state index contributed by atoms with van der Waals surface area (Å²) in [7, 11) is -0.189. The SMILES string of the molecule is CNC(=O)C1(C(O[SiH](c2ccccc2)c2ccccc2)C(C)(C)C)CCCCC1. The maximum absolute atomic E-state index is 13.3. The van der Waals surface area contributed by atoms with Crippen LogP contribution >= 0.6 is 0 Å². The molecule has 1 amide bonds. The third-order valence-corrected chi connectivity index (χ3v) is 8.72. The van der Waals surface area contributed by atoms with Crippen LogP contribution in [0.4, 0.5) is 0 Å². The number of nitrogens with one attached hydrogen (secondary N) is 1. The van der Waals surface area contributed by atoms with E-state index in [1.165, 1.54) is 16.8 Å². The summed E-state index contributed by atoms with van der Waals surface area (Å²) in [5, 5.41) is 5.50. The van der Waals surface area contributed by atoms with E-state index in [0.717, 1.165) is 25.7 Å². The molecule has 0 radical (unpaired) electrons. The van der Waals surface area contributed by atoms with Crippen molar-refractivity contribution in [1.82, 2.24) is 5.32 Å². The van der Waals surface area contributed by atoms with E-state index in [9.17, 15) is 4.79 Å². The minimum atomic E-state index is -1.96. The third kappa shape index (κ3) is 4.81. The summed E-state index contributed by atoms with van der Waals surface area (Å²) in [4.78, 5) is 13.3. The Morgan fingerprint density at radius 3 is 1.83 bits per heavy atom. The van der Waals surface area contributed by atoms with Crippen molar-refractivity contribution in [3.8, 4) is 0 Å². The minimum absolute atomic E-state index is 0.132. The Bertz CT molecular complexity index is 740. The van der Waals surface area contributed by atoms with E-state index in [1.807, 2.05) is 12.1 Å². The zero-order valence-electron chi connectivity index (χ0n) is 18.3. The lowest BCUT2D eigenvalue weighted by atomic mass is 9.63. The predicted octanol–water partition coefficient (Wildman–Crippen LogP) is 3.65. The highest BCUT2D eigenvalue weighted by molar-refractivity contribution is 6.80. The van der Waals surface area contributed by atoms with Gasteiger partial charge in [0.2, 0.25) is 14.9 Å². The number of hydrogen-bond donors (Lipinski definition) is 1. The highest BCUT2D eigenvalue weighted by Gasteiger charge is 2.51. The summed E-state index contributed by atoms with van der Waals surface area (Å²) < 4.78 is 7.13. The smallest absolute Gasteiger partial charge is 0.240 e. The van der Waals surface area contributed by atoms with Crippen LogP contribution in [-0.4, -0.2) is 28.1 Å². The molecule has 1 fully saturated rings. The summed E-state index contributed by atoms with van der Waals surface area (Å²) in [6.07, 6.45) is 5.05. The normalized spacial score (nSPS) is 17.7. The van der Waals surface area contributed by atoms with Crippen LogP contribution in [0, 0.1) is 10.8 Å². The van der Waals surface area contributed by atoms with Gasteiger partial charge in [-0.3, -0.25) is 4.79 Å². The highest BCUT2D eigenvalue weighted by Crippen LogP contribution is 2.47. The van der Waals surface area contributed by atoms with E-state index in [0.29, 0.717) is 0 Å². The topological polar surface area (TPSA) is 38.3 Å². The van der Waals surface area contributed by atoms with Crippen LogP contribution in [0.1, 0.15) is 52.9 Å². The zero-order valence-corrected chi connectivity index (χ0v) is 19.4. The summed E-state index contributed by atoms with van der Waals surface area (Å²) in [5.74, 6) is 0.144. The maximum Gasteiger partial charge on any atom is 0.240 e. The van der Waals surface area contributed by atoms with Crippen molar-refractivity contribution in [3.63, 3.8) is 0 Å². The first-order valence-electron chi connectivity index (χ1n) is 10.9. The van der Waals surface area contributed by atoms with E-state index < -0.39 is 14.5 Å². The summed E-state index contributed by atoms with van der Waals surface area (Å²) in [6.45, 7) is 6.66. The maximum atomic E-state index is 13.3. The zero-order chi connectivity index (χ0) is 20.9. The van der Waals surface area contributed by atoms with Gasteiger partial charge in [0, 0.05) is 7.05 Å². The molecule has 1 N–H and O–H groups in total. The standard InChI is InChI=1S/C25H35NO2Si/c1-24(2,3)22(25(23(27)26-4)18-12-7-13-19-25)28-29(20-14-8-5-9-15-20)21-16-10-6-11-17-21/h5-6,8-11,14-17,22,29H,7,12-13,18-19H2,1-4H3,(H,26,27). The average molecular weight is 410 g/mol. The second-order valence-electron chi connectivity index (χ2n) is 9.38. The molecule has 1 unspecified atom stereocenters. The first-order valence-corrected chi connectivity index (χ1v) is 12.5. The van der Waals surface area contributed by atoms with E-state index in [-0.39, 0.29) is 17.4 Å². The summed E-state index contributed by atoms with van der Waals surface area (Å²) in [6, 6.07) is 21.2. The molecule has 1 aliphatic carbocycles. The molecule has 1 atom stereocenters. The Labute approximate surface area is 177 Å². The van der Waals surface area contributed by atoms with E-state index in [2.05, 4.69) is 74.6 Å². The number of carbonyl (C=O) groups is 1. The van der Waals surface area contributed by atoms with Crippen molar-refractivity contribution in [2.45, 2.75) is 59.0 Å². The molecule has 2 aromatic carbocycles. The molecule has 156 valence electrons. The van der Waals surface area contributed by atoms with Crippen molar-refractivity contribution in [3.05, 3.63) is 60.7 Å². The first-order chi connectivity index (χ1) is 13.9. The molecule has 0 saturated heterocycles. The van der Waals surface area contributed by atoms with Crippen LogP contribution in [0.2, 0.25) is 0 Å². The van der Waals surface area contributed by atoms with Crippen LogP contribution < -0.4 is 15.7 Å². The van der Waals surface area contributed by atoms with Gasteiger partial charge in [0.05, 0.1) is 11.5 Å².